The zero-order valence-electron chi connectivity index (χ0n) is 22.9. The number of hydrogen-bond donors (Lipinski definition) is 3. The lowest BCUT2D eigenvalue weighted by Crippen LogP contribution is -2.60. The van der Waals surface area contributed by atoms with Crippen molar-refractivity contribution in [3.63, 3.8) is 0 Å². The molecule has 2 amide bonds. The van der Waals surface area contributed by atoms with Gasteiger partial charge in [-0.25, -0.2) is 9.99 Å². The molecule has 1 fully saturated rings. The molecule has 2 aliphatic rings. The van der Waals surface area contributed by atoms with Crippen molar-refractivity contribution in [1.29, 1.82) is 0 Å². The number of hydrogen-bond acceptors (Lipinski definition) is 7. The third-order valence-corrected chi connectivity index (χ3v) is 8.19. The van der Waals surface area contributed by atoms with Crippen LogP contribution in [0.1, 0.15) is 36.7 Å². The lowest BCUT2D eigenvalue weighted by Gasteiger charge is -2.46. The molecule has 5 rings (SSSR count). The van der Waals surface area contributed by atoms with Crippen molar-refractivity contribution in [3.05, 3.63) is 80.9 Å². The summed E-state index contributed by atoms with van der Waals surface area (Å²) in [5.41, 5.74) is -5.78. The van der Waals surface area contributed by atoms with E-state index in [9.17, 15) is 46.1 Å². The maximum atomic E-state index is 13.8. The number of aromatic nitrogens is 2. The topological polar surface area (TPSA) is 119 Å². The number of pyridine rings is 2. The van der Waals surface area contributed by atoms with Gasteiger partial charge in [0.25, 0.3) is 11.8 Å². The minimum atomic E-state index is -4.95. The molecule has 0 unspecified atom stereocenters. The molecule has 3 N–H and O–H groups in total. The van der Waals surface area contributed by atoms with Crippen LogP contribution in [0.4, 0.5) is 32.0 Å². The summed E-state index contributed by atoms with van der Waals surface area (Å²) in [7, 11) is 0. The number of carbonyl (C=O) groups excluding carboxylic acids is 2. The third kappa shape index (κ3) is 5.99. The lowest BCUT2D eigenvalue weighted by atomic mass is 9.90. The Balaban J connectivity index is 1.55. The molecule has 1 aromatic carbocycles. The van der Waals surface area contributed by atoms with E-state index in [2.05, 4.69) is 15.3 Å². The Morgan fingerprint density at radius 3 is 2.22 bits per heavy atom. The van der Waals surface area contributed by atoms with Gasteiger partial charge in [0.15, 0.2) is 0 Å². The largest absolute Gasteiger partial charge is 0.509 e. The highest BCUT2D eigenvalue weighted by atomic mass is 35.5. The first-order valence-corrected chi connectivity index (χ1v) is 13.8. The molecule has 0 spiro atoms. The Kier molecular flexibility index (Phi) is 8.17. The Labute approximate surface area is 260 Å². The molecule has 0 radical (unpaired) electrons. The van der Waals surface area contributed by atoms with Crippen LogP contribution in [0.3, 0.4) is 0 Å². The maximum absolute atomic E-state index is 13.8. The summed E-state index contributed by atoms with van der Waals surface area (Å²) >= 11 is 12.5. The first-order valence-electron chi connectivity index (χ1n) is 13.0. The number of hydrazine groups is 1. The Hall–Kier alpha value is -4.08. The number of aliphatic hydroxyl groups is 1. The number of anilines is 1. The first-order chi connectivity index (χ1) is 20.9. The summed E-state index contributed by atoms with van der Waals surface area (Å²) in [4.78, 5) is 34.2. The van der Waals surface area contributed by atoms with Crippen LogP contribution in [-0.4, -0.2) is 54.1 Å². The van der Waals surface area contributed by atoms with E-state index in [-0.39, 0.29) is 33.5 Å². The van der Waals surface area contributed by atoms with Gasteiger partial charge in [-0.05, 0) is 56.2 Å². The van der Waals surface area contributed by atoms with Crippen molar-refractivity contribution < 1.29 is 46.1 Å². The molecule has 2 aliphatic heterocycles. The number of fused-ring (bicyclic) bond motifs is 1. The van der Waals surface area contributed by atoms with Crippen molar-refractivity contribution in [2.24, 2.45) is 0 Å². The molecule has 45 heavy (non-hydrogen) atoms. The minimum Gasteiger partial charge on any atom is -0.509 e. The molecular weight excluding hydrogens is 655 g/mol. The van der Waals surface area contributed by atoms with E-state index in [0.717, 1.165) is 17.1 Å². The van der Waals surface area contributed by atoms with Crippen LogP contribution < -0.4 is 5.32 Å². The van der Waals surface area contributed by atoms with E-state index in [1.807, 2.05) is 0 Å². The van der Waals surface area contributed by atoms with Crippen LogP contribution in [-0.2, 0) is 28.5 Å². The summed E-state index contributed by atoms with van der Waals surface area (Å²) < 4.78 is 79.7. The molecule has 4 heterocycles. The van der Waals surface area contributed by atoms with E-state index in [1.165, 1.54) is 12.1 Å². The van der Waals surface area contributed by atoms with E-state index in [4.69, 9.17) is 23.2 Å². The molecule has 1 atom stereocenters. The van der Waals surface area contributed by atoms with E-state index >= 15 is 0 Å². The number of aromatic hydroxyl groups is 1. The highest BCUT2D eigenvalue weighted by Gasteiger charge is 2.53. The normalized spacial score (nSPS) is 19.2. The van der Waals surface area contributed by atoms with Gasteiger partial charge in [-0.1, -0.05) is 23.2 Å². The predicted molar refractivity (Wildman–Crippen MR) is 149 cm³/mol. The van der Waals surface area contributed by atoms with Gasteiger partial charge < -0.3 is 15.5 Å². The fraction of sp³-hybridized carbons (Fsp3) is 0.286. The van der Waals surface area contributed by atoms with Crippen LogP contribution in [0.2, 0.25) is 10.0 Å². The summed E-state index contributed by atoms with van der Waals surface area (Å²) in [6, 6.07) is 5.14. The van der Waals surface area contributed by atoms with E-state index in [0.29, 0.717) is 37.7 Å². The number of aliphatic hydroxyl groups excluding tert-OH is 1. The maximum Gasteiger partial charge on any atom is 0.433 e. The molecule has 0 aliphatic carbocycles. The Morgan fingerprint density at radius 1 is 1.02 bits per heavy atom. The zero-order chi connectivity index (χ0) is 33.1. The van der Waals surface area contributed by atoms with Gasteiger partial charge in [0, 0.05) is 23.9 Å². The summed E-state index contributed by atoms with van der Waals surface area (Å²) in [5, 5.41) is 26.1. The number of halogens is 8. The molecular formula is C28H21Cl2F6N5O4. The molecule has 238 valence electrons. The fourth-order valence-corrected chi connectivity index (χ4v) is 5.86. The van der Waals surface area contributed by atoms with Crippen molar-refractivity contribution in [2.45, 2.75) is 44.2 Å². The van der Waals surface area contributed by atoms with Gasteiger partial charge in [-0.2, -0.15) is 26.3 Å². The van der Waals surface area contributed by atoms with Gasteiger partial charge in [0.05, 0.1) is 33.5 Å². The van der Waals surface area contributed by atoms with Crippen molar-refractivity contribution in [3.8, 4) is 17.0 Å². The molecule has 0 saturated carbocycles. The standard InChI is InChI=1S/C28H21Cl2F6N5O4/c1-26-7-2-8-41(26)40(12-15-16(29)9-14(42)10-17(15)30)25(45)21(23(26)43)24(44)38-18-4-6-20(28(34,35)36)39-22(18)13-3-5-19(37-11-13)27(31,32)33/h3-6,9-11,42-43H,2,7-8,12H2,1H3,(H,38,44)/t26-/m1/s1. The van der Waals surface area contributed by atoms with Crippen LogP contribution in [0.5, 0.6) is 5.75 Å². The second-order valence-electron chi connectivity index (χ2n) is 10.4. The summed E-state index contributed by atoms with van der Waals surface area (Å²) in [6.45, 7) is 1.60. The second kappa shape index (κ2) is 11.4. The summed E-state index contributed by atoms with van der Waals surface area (Å²) in [5.74, 6) is -3.05. The number of carbonyl (C=O) groups is 2. The lowest BCUT2D eigenvalue weighted by molar-refractivity contribution is -0.160. The van der Waals surface area contributed by atoms with Gasteiger partial charge in [-0.15, -0.1) is 0 Å². The number of nitrogens with zero attached hydrogens (tertiary/aromatic N) is 4. The van der Waals surface area contributed by atoms with Gasteiger partial charge in [0.2, 0.25) is 0 Å². The molecule has 0 bridgehead atoms. The van der Waals surface area contributed by atoms with Crippen molar-refractivity contribution in [2.75, 3.05) is 11.9 Å². The molecule has 2 aromatic heterocycles. The molecule has 3 aromatic rings. The monoisotopic (exact) mass is 675 g/mol. The number of alkyl halides is 6. The van der Waals surface area contributed by atoms with E-state index < -0.39 is 63.8 Å². The zero-order valence-corrected chi connectivity index (χ0v) is 24.4. The smallest absolute Gasteiger partial charge is 0.433 e. The molecule has 17 heteroatoms. The van der Waals surface area contributed by atoms with E-state index in [1.54, 1.807) is 11.9 Å². The predicted octanol–water partition coefficient (Wildman–Crippen LogP) is 6.76. The number of benzene rings is 1. The Bertz CT molecular complexity index is 1710. The second-order valence-corrected chi connectivity index (χ2v) is 11.3. The van der Waals surface area contributed by atoms with Crippen LogP contribution in [0, 0.1) is 0 Å². The number of phenolic OH excluding ortho intramolecular Hbond substituents is 1. The SMILES string of the molecule is C[C@]12CCCN1N(Cc1c(Cl)cc(O)cc1Cl)C(=O)C(C(=O)Nc1ccc(C(F)(F)F)nc1-c1ccc(C(F)(F)F)nc1)=C2O. The third-order valence-electron chi connectivity index (χ3n) is 7.51. The summed E-state index contributed by atoms with van der Waals surface area (Å²) in [6.07, 6.45) is -8.32. The Morgan fingerprint density at radius 2 is 1.64 bits per heavy atom. The van der Waals surface area contributed by atoms with Gasteiger partial charge >= 0.3 is 12.4 Å². The highest BCUT2D eigenvalue weighted by molar-refractivity contribution is 6.36. The van der Waals surface area contributed by atoms with Crippen molar-refractivity contribution >= 4 is 40.7 Å². The highest BCUT2D eigenvalue weighted by Crippen LogP contribution is 2.43. The molecule has 1 saturated heterocycles. The minimum absolute atomic E-state index is 0.0177. The van der Waals surface area contributed by atoms with Crippen LogP contribution in [0.25, 0.3) is 11.3 Å². The van der Waals surface area contributed by atoms with Gasteiger partial charge in [-0.3, -0.25) is 19.6 Å². The van der Waals surface area contributed by atoms with Gasteiger partial charge in [0.1, 0.15) is 28.5 Å². The average Bonchev–Trinajstić information content (AvgIpc) is 3.34. The quantitative estimate of drug-likeness (QED) is 0.202. The number of phenols is 1. The number of amides is 2. The first kappa shape index (κ1) is 32.3. The fourth-order valence-electron chi connectivity index (χ4n) is 5.26. The van der Waals surface area contributed by atoms with Crippen LogP contribution >= 0.6 is 23.2 Å². The number of rotatable bonds is 5. The van der Waals surface area contributed by atoms with Crippen LogP contribution in [0.15, 0.2) is 53.9 Å². The number of nitrogens with one attached hydrogen (secondary N) is 1. The average molecular weight is 676 g/mol. The molecule has 9 nitrogen and oxygen atoms in total. The van der Waals surface area contributed by atoms with Crippen molar-refractivity contribution in [1.82, 2.24) is 20.0 Å².